The molecule has 2 heterocycles. The Bertz CT molecular complexity index is 378. The maximum Gasteiger partial charge on any atom is 0.193 e. The molecule has 152 valence electrons. The van der Waals surface area contributed by atoms with E-state index in [-0.39, 0.29) is 0 Å². The monoisotopic (exact) mass is 368 g/mol. The van der Waals surface area contributed by atoms with Gasteiger partial charge in [0.15, 0.2) is 5.96 Å². The zero-order valence-corrected chi connectivity index (χ0v) is 17.0. The Hall–Kier alpha value is -0.850. The molecule has 0 aromatic rings. The Morgan fingerprint density at radius 2 is 1.81 bits per heavy atom. The molecule has 2 rings (SSSR count). The van der Waals surface area contributed by atoms with E-state index in [4.69, 9.17) is 14.5 Å². The molecule has 6 nitrogen and oxygen atoms in total. The number of ether oxygens (including phenoxy) is 2. The van der Waals surface area contributed by atoms with Gasteiger partial charge in [0.05, 0.1) is 6.10 Å². The van der Waals surface area contributed by atoms with Crippen LogP contribution in [-0.2, 0) is 9.47 Å². The van der Waals surface area contributed by atoms with Crippen LogP contribution < -0.4 is 5.32 Å². The first-order valence-corrected chi connectivity index (χ1v) is 10.7. The van der Waals surface area contributed by atoms with Crippen LogP contribution in [-0.4, -0.2) is 88.0 Å². The summed E-state index contributed by atoms with van der Waals surface area (Å²) in [6.45, 7) is 11.5. The third kappa shape index (κ3) is 8.23. The standard InChI is InChI=1S/C20H40N4O2/c1-3-21-20(22-11-4-5-12-23-13-6-7-14-23)24-15-9-19(10-16-24)26-18-8-17-25-2/h19H,3-18H2,1-2H3,(H,21,22). The molecule has 0 saturated carbocycles. The number of guanidine groups is 1. The van der Waals surface area contributed by atoms with Crippen LogP contribution in [0.1, 0.15) is 51.9 Å². The van der Waals surface area contributed by atoms with Gasteiger partial charge < -0.3 is 24.6 Å². The van der Waals surface area contributed by atoms with Gasteiger partial charge in [-0.1, -0.05) is 0 Å². The van der Waals surface area contributed by atoms with Gasteiger partial charge in [-0.25, -0.2) is 0 Å². The summed E-state index contributed by atoms with van der Waals surface area (Å²) in [6.07, 6.45) is 8.78. The fraction of sp³-hybridized carbons (Fsp3) is 0.950. The maximum atomic E-state index is 5.96. The fourth-order valence-corrected chi connectivity index (χ4v) is 3.75. The number of piperidine rings is 1. The number of methoxy groups -OCH3 is 1. The molecule has 0 aromatic heterocycles. The SMILES string of the molecule is CCNC(=NCCCCN1CCCC1)N1CCC(OCCCOC)CC1. The first kappa shape index (κ1) is 21.5. The largest absolute Gasteiger partial charge is 0.385 e. The van der Waals surface area contributed by atoms with E-state index < -0.39 is 0 Å². The molecule has 26 heavy (non-hydrogen) atoms. The third-order valence-corrected chi connectivity index (χ3v) is 5.27. The number of unbranched alkanes of at least 4 members (excludes halogenated alkanes) is 1. The zero-order chi connectivity index (χ0) is 18.5. The number of hydrogen-bond donors (Lipinski definition) is 1. The van der Waals surface area contributed by atoms with Crippen molar-refractivity contribution in [1.82, 2.24) is 15.1 Å². The van der Waals surface area contributed by atoms with Gasteiger partial charge in [0, 0.05) is 46.5 Å². The molecular formula is C20H40N4O2. The molecule has 0 aromatic carbocycles. The lowest BCUT2D eigenvalue weighted by Crippen LogP contribution is -2.47. The van der Waals surface area contributed by atoms with Crippen molar-refractivity contribution in [3.63, 3.8) is 0 Å². The van der Waals surface area contributed by atoms with Crippen molar-refractivity contribution in [3.8, 4) is 0 Å². The van der Waals surface area contributed by atoms with E-state index in [1.807, 2.05) is 0 Å². The van der Waals surface area contributed by atoms with Crippen molar-refractivity contribution in [2.75, 3.05) is 66.1 Å². The van der Waals surface area contributed by atoms with Crippen LogP contribution in [0.3, 0.4) is 0 Å². The summed E-state index contributed by atoms with van der Waals surface area (Å²) < 4.78 is 11.0. The molecule has 2 aliphatic heterocycles. The van der Waals surface area contributed by atoms with Gasteiger partial charge in [-0.05, 0) is 71.5 Å². The van der Waals surface area contributed by atoms with Crippen LogP contribution >= 0.6 is 0 Å². The average Bonchev–Trinajstić information content (AvgIpc) is 3.18. The quantitative estimate of drug-likeness (QED) is 0.345. The summed E-state index contributed by atoms with van der Waals surface area (Å²) in [5.74, 6) is 1.09. The van der Waals surface area contributed by atoms with E-state index >= 15 is 0 Å². The Morgan fingerprint density at radius 3 is 2.50 bits per heavy atom. The molecule has 0 atom stereocenters. The Morgan fingerprint density at radius 1 is 1.04 bits per heavy atom. The predicted octanol–water partition coefficient (Wildman–Crippen LogP) is 2.35. The Labute approximate surface area is 160 Å². The summed E-state index contributed by atoms with van der Waals surface area (Å²) >= 11 is 0. The topological polar surface area (TPSA) is 49.3 Å². The zero-order valence-electron chi connectivity index (χ0n) is 17.0. The predicted molar refractivity (Wildman–Crippen MR) is 108 cm³/mol. The van der Waals surface area contributed by atoms with Crippen molar-refractivity contribution < 1.29 is 9.47 Å². The van der Waals surface area contributed by atoms with Crippen molar-refractivity contribution in [2.45, 2.75) is 58.0 Å². The van der Waals surface area contributed by atoms with Crippen LogP contribution in [0.15, 0.2) is 4.99 Å². The number of aliphatic imine (C=N–C) groups is 1. The second kappa shape index (κ2) is 13.3. The first-order valence-electron chi connectivity index (χ1n) is 10.7. The number of hydrogen-bond acceptors (Lipinski definition) is 4. The molecule has 1 N–H and O–H groups in total. The van der Waals surface area contributed by atoms with Gasteiger partial charge in [-0.3, -0.25) is 4.99 Å². The van der Waals surface area contributed by atoms with Crippen LogP contribution in [0.4, 0.5) is 0 Å². The smallest absolute Gasteiger partial charge is 0.193 e. The summed E-state index contributed by atoms with van der Waals surface area (Å²) in [6, 6.07) is 0. The lowest BCUT2D eigenvalue weighted by atomic mass is 10.1. The van der Waals surface area contributed by atoms with Gasteiger partial charge in [-0.15, -0.1) is 0 Å². The normalized spacial score (nSPS) is 20.1. The molecule has 2 fully saturated rings. The fourth-order valence-electron chi connectivity index (χ4n) is 3.75. The highest BCUT2D eigenvalue weighted by atomic mass is 16.5. The minimum absolute atomic E-state index is 0.395. The van der Waals surface area contributed by atoms with Gasteiger partial charge in [0.2, 0.25) is 0 Å². The molecular weight excluding hydrogens is 328 g/mol. The highest BCUT2D eigenvalue weighted by Gasteiger charge is 2.21. The summed E-state index contributed by atoms with van der Waals surface area (Å²) in [5.41, 5.74) is 0. The van der Waals surface area contributed by atoms with Crippen LogP contribution in [0.2, 0.25) is 0 Å². The molecule has 2 saturated heterocycles. The molecule has 0 bridgehead atoms. The molecule has 0 unspecified atom stereocenters. The Balaban J connectivity index is 1.62. The number of likely N-dealkylation sites (tertiary alicyclic amines) is 2. The number of nitrogens with one attached hydrogen (secondary N) is 1. The molecule has 2 aliphatic rings. The molecule has 0 radical (unpaired) electrons. The van der Waals surface area contributed by atoms with Crippen LogP contribution in [0, 0.1) is 0 Å². The van der Waals surface area contributed by atoms with E-state index in [1.165, 1.54) is 45.3 Å². The van der Waals surface area contributed by atoms with E-state index in [1.54, 1.807) is 7.11 Å². The minimum Gasteiger partial charge on any atom is -0.385 e. The molecule has 0 amide bonds. The van der Waals surface area contributed by atoms with E-state index in [0.717, 1.165) is 64.6 Å². The highest BCUT2D eigenvalue weighted by molar-refractivity contribution is 5.80. The maximum absolute atomic E-state index is 5.96. The second-order valence-corrected chi connectivity index (χ2v) is 7.40. The van der Waals surface area contributed by atoms with Gasteiger partial charge in [0.1, 0.15) is 0 Å². The molecule has 6 heteroatoms. The number of rotatable bonds is 11. The second-order valence-electron chi connectivity index (χ2n) is 7.40. The van der Waals surface area contributed by atoms with Crippen molar-refractivity contribution in [2.24, 2.45) is 4.99 Å². The number of nitrogens with zero attached hydrogens (tertiary/aromatic N) is 3. The third-order valence-electron chi connectivity index (χ3n) is 5.27. The van der Waals surface area contributed by atoms with Gasteiger partial charge in [0.25, 0.3) is 0 Å². The van der Waals surface area contributed by atoms with Gasteiger partial charge in [-0.2, -0.15) is 0 Å². The minimum atomic E-state index is 0.395. The van der Waals surface area contributed by atoms with Crippen LogP contribution in [0.25, 0.3) is 0 Å². The highest BCUT2D eigenvalue weighted by Crippen LogP contribution is 2.14. The lowest BCUT2D eigenvalue weighted by Gasteiger charge is -2.34. The molecule has 0 spiro atoms. The summed E-state index contributed by atoms with van der Waals surface area (Å²) in [4.78, 5) is 9.86. The van der Waals surface area contributed by atoms with E-state index in [0.29, 0.717) is 6.10 Å². The van der Waals surface area contributed by atoms with Crippen LogP contribution in [0.5, 0.6) is 0 Å². The van der Waals surface area contributed by atoms with E-state index in [2.05, 4.69) is 22.0 Å². The van der Waals surface area contributed by atoms with Crippen molar-refractivity contribution in [1.29, 1.82) is 0 Å². The summed E-state index contributed by atoms with van der Waals surface area (Å²) in [5, 5.41) is 3.47. The average molecular weight is 369 g/mol. The van der Waals surface area contributed by atoms with E-state index in [9.17, 15) is 0 Å². The Kier molecular flexibility index (Phi) is 11.0. The van der Waals surface area contributed by atoms with Gasteiger partial charge >= 0.3 is 0 Å². The van der Waals surface area contributed by atoms with Crippen molar-refractivity contribution >= 4 is 5.96 Å². The summed E-state index contributed by atoms with van der Waals surface area (Å²) in [7, 11) is 1.74. The lowest BCUT2D eigenvalue weighted by molar-refractivity contribution is 0.00990. The van der Waals surface area contributed by atoms with Crippen molar-refractivity contribution in [3.05, 3.63) is 0 Å². The molecule has 0 aliphatic carbocycles. The first-order chi connectivity index (χ1) is 12.8.